The molecule has 0 aromatic carbocycles. The van der Waals surface area contributed by atoms with Gasteiger partial charge < -0.3 is 4.74 Å². The summed E-state index contributed by atoms with van der Waals surface area (Å²) in [7, 11) is 0. The molecule has 68 valence electrons. The maximum Gasteiger partial charge on any atom is 0.312 e. The van der Waals surface area contributed by atoms with E-state index < -0.39 is 0 Å². The number of hydrogen-bond donors (Lipinski definition) is 0. The molecule has 0 radical (unpaired) electrons. The molecule has 0 fully saturated rings. The van der Waals surface area contributed by atoms with Crippen molar-refractivity contribution in [1.82, 2.24) is 0 Å². The summed E-state index contributed by atoms with van der Waals surface area (Å²) in [5.74, 6) is -0.0388. The van der Waals surface area contributed by atoms with Gasteiger partial charge in [-0.15, -0.1) is 0 Å². The van der Waals surface area contributed by atoms with Crippen LogP contribution >= 0.6 is 0 Å². The first-order valence-corrected chi connectivity index (χ1v) is 4.68. The average Bonchev–Trinajstić information content (AvgIpc) is 2.32. The summed E-state index contributed by atoms with van der Waals surface area (Å²) in [5, 5.41) is 0. The van der Waals surface area contributed by atoms with Gasteiger partial charge in [-0.3, -0.25) is 4.79 Å². The Labute approximate surface area is 73.6 Å². The molecule has 1 unspecified atom stereocenters. The van der Waals surface area contributed by atoms with Crippen LogP contribution in [-0.4, -0.2) is 12.6 Å². The van der Waals surface area contributed by atoms with Crippen LogP contribution in [-0.2, 0) is 9.53 Å². The maximum absolute atomic E-state index is 11.3. The molecule has 0 aromatic heterocycles. The number of esters is 1. The van der Waals surface area contributed by atoms with E-state index in [0.717, 1.165) is 19.3 Å². The fraction of sp³-hybridized carbons (Fsp3) is 0.700. The number of carbonyl (C=O) groups excluding carboxylic acids is 1. The highest BCUT2D eigenvalue weighted by molar-refractivity contribution is 5.74. The summed E-state index contributed by atoms with van der Waals surface area (Å²) < 4.78 is 4.95. The first-order valence-electron chi connectivity index (χ1n) is 4.68. The monoisotopic (exact) mass is 168 g/mol. The van der Waals surface area contributed by atoms with Crippen molar-refractivity contribution in [3.8, 4) is 0 Å². The fourth-order valence-electron chi connectivity index (χ4n) is 1.43. The third-order valence-electron chi connectivity index (χ3n) is 2.09. The van der Waals surface area contributed by atoms with Crippen LogP contribution in [0.2, 0.25) is 0 Å². The van der Waals surface area contributed by atoms with Gasteiger partial charge in [-0.1, -0.05) is 18.6 Å². The summed E-state index contributed by atoms with van der Waals surface area (Å²) in [6, 6.07) is 0. The summed E-state index contributed by atoms with van der Waals surface area (Å²) in [4.78, 5) is 11.3. The molecule has 0 aliphatic heterocycles. The first kappa shape index (κ1) is 9.30. The molecule has 1 rings (SSSR count). The minimum Gasteiger partial charge on any atom is -0.466 e. The predicted octanol–water partition coefficient (Wildman–Crippen LogP) is 2.30. The van der Waals surface area contributed by atoms with Crippen molar-refractivity contribution in [3.05, 3.63) is 12.2 Å². The van der Waals surface area contributed by atoms with Crippen LogP contribution in [0.4, 0.5) is 0 Å². The van der Waals surface area contributed by atoms with Gasteiger partial charge in [0.1, 0.15) is 0 Å². The van der Waals surface area contributed by atoms with Gasteiger partial charge in [0.05, 0.1) is 12.5 Å². The Kier molecular flexibility index (Phi) is 3.85. The molecule has 0 saturated carbocycles. The summed E-state index contributed by atoms with van der Waals surface area (Å²) in [5.41, 5.74) is 0. The van der Waals surface area contributed by atoms with Crippen LogP contribution in [0.1, 0.15) is 32.6 Å². The van der Waals surface area contributed by atoms with E-state index in [-0.39, 0.29) is 11.9 Å². The van der Waals surface area contributed by atoms with Gasteiger partial charge in [0.2, 0.25) is 0 Å². The van der Waals surface area contributed by atoms with Gasteiger partial charge in [0, 0.05) is 0 Å². The van der Waals surface area contributed by atoms with Gasteiger partial charge in [-0.2, -0.15) is 0 Å². The molecule has 1 aliphatic rings. The van der Waals surface area contributed by atoms with Gasteiger partial charge in [-0.25, -0.2) is 0 Å². The lowest BCUT2D eigenvalue weighted by atomic mass is 10.0. The average molecular weight is 168 g/mol. The van der Waals surface area contributed by atoms with Crippen molar-refractivity contribution in [1.29, 1.82) is 0 Å². The highest BCUT2D eigenvalue weighted by Crippen LogP contribution is 2.17. The second-order valence-electron chi connectivity index (χ2n) is 3.07. The lowest BCUT2D eigenvalue weighted by Gasteiger charge is -2.08. The zero-order valence-electron chi connectivity index (χ0n) is 7.58. The maximum atomic E-state index is 11.3. The fourth-order valence-corrected chi connectivity index (χ4v) is 1.43. The van der Waals surface area contributed by atoms with Gasteiger partial charge >= 0.3 is 5.97 Å². The quantitative estimate of drug-likeness (QED) is 0.467. The molecule has 0 saturated heterocycles. The van der Waals surface area contributed by atoms with E-state index in [9.17, 15) is 4.79 Å². The molecular formula is C10H16O2. The van der Waals surface area contributed by atoms with Gasteiger partial charge in [-0.05, 0) is 26.2 Å². The van der Waals surface area contributed by atoms with Crippen molar-refractivity contribution in [2.45, 2.75) is 32.6 Å². The van der Waals surface area contributed by atoms with Gasteiger partial charge in [0.15, 0.2) is 0 Å². The summed E-state index contributed by atoms with van der Waals surface area (Å²) >= 11 is 0. The molecule has 0 N–H and O–H groups in total. The molecule has 0 bridgehead atoms. The number of allylic oxidation sites excluding steroid dienone is 1. The molecule has 0 amide bonds. The standard InChI is InChI=1S/C10H16O2/c1-2-12-10(11)9-7-5-3-4-6-8-9/h5,7,9H,2-4,6,8H2,1H3. The highest BCUT2D eigenvalue weighted by Gasteiger charge is 2.16. The number of rotatable bonds is 2. The molecular weight excluding hydrogens is 152 g/mol. The van der Waals surface area contributed by atoms with Crippen molar-refractivity contribution >= 4 is 5.97 Å². The molecule has 1 atom stereocenters. The third-order valence-corrected chi connectivity index (χ3v) is 2.09. The lowest BCUT2D eigenvalue weighted by Crippen LogP contribution is -2.15. The second kappa shape index (κ2) is 4.96. The Balaban J connectivity index is 2.42. The zero-order valence-corrected chi connectivity index (χ0v) is 7.58. The minimum atomic E-state index is -0.0596. The van der Waals surface area contributed by atoms with E-state index in [0.29, 0.717) is 6.61 Å². The highest BCUT2D eigenvalue weighted by atomic mass is 16.5. The lowest BCUT2D eigenvalue weighted by molar-refractivity contribution is -0.146. The molecule has 2 nitrogen and oxygen atoms in total. The van der Waals surface area contributed by atoms with Crippen LogP contribution in [0, 0.1) is 5.92 Å². The number of ether oxygens (including phenoxy) is 1. The van der Waals surface area contributed by atoms with Crippen LogP contribution in [0.15, 0.2) is 12.2 Å². The van der Waals surface area contributed by atoms with E-state index >= 15 is 0 Å². The molecule has 0 spiro atoms. The van der Waals surface area contributed by atoms with Crippen LogP contribution in [0.5, 0.6) is 0 Å². The normalized spacial score (nSPS) is 23.2. The predicted molar refractivity (Wildman–Crippen MR) is 47.7 cm³/mol. The summed E-state index contributed by atoms with van der Waals surface area (Å²) in [6.45, 7) is 2.33. The van der Waals surface area contributed by atoms with Crippen LogP contribution in [0.3, 0.4) is 0 Å². The second-order valence-corrected chi connectivity index (χ2v) is 3.07. The molecule has 12 heavy (non-hydrogen) atoms. The van der Waals surface area contributed by atoms with E-state index in [1.807, 2.05) is 13.0 Å². The van der Waals surface area contributed by atoms with Crippen LogP contribution < -0.4 is 0 Å². The number of carbonyl (C=O) groups is 1. The topological polar surface area (TPSA) is 26.3 Å². The van der Waals surface area contributed by atoms with Crippen molar-refractivity contribution in [2.24, 2.45) is 5.92 Å². The van der Waals surface area contributed by atoms with Crippen molar-refractivity contribution in [2.75, 3.05) is 6.61 Å². The first-order chi connectivity index (χ1) is 5.84. The summed E-state index contributed by atoms with van der Waals surface area (Å²) in [6.07, 6.45) is 8.48. The van der Waals surface area contributed by atoms with Crippen LogP contribution in [0.25, 0.3) is 0 Å². The van der Waals surface area contributed by atoms with E-state index in [4.69, 9.17) is 4.74 Å². The Morgan fingerprint density at radius 1 is 1.58 bits per heavy atom. The Morgan fingerprint density at radius 3 is 3.17 bits per heavy atom. The number of hydrogen-bond acceptors (Lipinski definition) is 2. The molecule has 0 aromatic rings. The smallest absolute Gasteiger partial charge is 0.312 e. The van der Waals surface area contributed by atoms with E-state index in [1.165, 1.54) is 6.42 Å². The van der Waals surface area contributed by atoms with Crippen molar-refractivity contribution < 1.29 is 9.53 Å². The van der Waals surface area contributed by atoms with E-state index in [2.05, 4.69) is 6.08 Å². The SMILES string of the molecule is CCOC(=O)C1C=CCCCC1. The Morgan fingerprint density at radius 2 is 2.42 bits per heavy atom. The molecule has 0 heterocycles. The largest absolute Gasteiger partial charge is 0.466 e. The van der Waals surface area contributed by atoms with Gasteiger partial charge in [0.25, 0.3) is 0 Å². The minimum absolute atomic E-state index is 0.0208. The zero-order chi connectivity index (χ0) is 8.81. The van der Waals surface area contributed by atoms with Crippen molar-refractivity contribution in [3.63, 3.8) is 0 Å². The Bertz CT molecular complexity index is 173. The Hall–Kier alpha value is -0.790. The molecule has 1 aliphatic carbocycles. The van der Waals surface area contributed by atoms with E-state index in [1.54, 1.807) is 0 Å². The molecule has 2 heteroatoms. The third kappa shape index (κ3) is 2.68.